The molecule has 15 nitrogen and oxygen atoms in total. The third-order valence-electron chi connectivity index (χ3n) is 8.03. The number of nitrogens with zero attached hydrogens (tertiary/aromatic N) is 5. The second-order valence-electron chi connectivity index (χ2n) is 12.7. The smallest absolute Gasteiger partial charge is 0.410 e. The van der Waals surface area contributed by atoms with Crippen LogP contribution in [-0.4, -0.2) is 79.5 Å². The van der Waals surface area contributed by atoms with Crippen molar-refractivity contribution in [3.8, 4) is 23.3 Å². The number of hydrogen-bond acceptors (Lipinski definition) is 10. The van der Waals surface area contributed by atoms with E-state index in [0.717, 1.165) is 12.8 Å². The molecule has 2 aromatic carbocycles. The lowest BCUT2D eigenvalue weighted by Crippen LogP contribution is -2.41. The van der Waals surface area contributed by atoms with Gasteiger partial charge < -0.3 is 39.1 Å². The Balaban J connectivity index is 1.34. The Bertz CT molecular complexity index is 2050. The summed E-state index contributed by atoms with van der Waals surface area (Å²) in [7, 11) is 1.47. The number of fused-ring (bicyclic) bond motifs is 2. The van der Waals surface area contributed by atoms with Crippen molar-refractivity contribution in [2.45, 2.75) is 52.3 Å². The van der Waals surface area contributed by atoms with Gasteiger partial charge in [-0.2, -0.15) is 0 Å². The van der Waals surface area contributed by atoms with Crippen LogP contribution in [0.5, 0.6) is 11.5 Å². The van der Waals surface area contributed by atoms with Crippen molar-refractivity contribution in [2.75, 3.05) is 35.5 Å². The van der Waals surface area contributed by atoms with Gasteiger partial charge in [0.1, 0.15) is 34.7 Å². The third kappa shape index (κ3) is 8.68. The first-order valence-corrected chi connectivity index (χ1v) is 17.5. The lowest BCUT2D eigenvalue weighted by atomic mass is 9.98. The van der Waals surface area contributed by atoms with E-state index in [9.17, 15) is 19.5 Å². The molecule has 2 amide bonds. The lowest BCUT2D eigenvalue weighted by Gasteiger charge is -2.31. The van der Waals surface area contributed by atoms with Crippen LogP contribution in [0.15, 0.2) is 36.4 Å². The molecule has 4 aromatic rings. The standard InChI is InChI=1S/C34H38Br2N8O7/c1-34(2,3)51-33(48)42-13-9-20(10-14-42)8-7-15-50-26-18-21(29(37)45)16-23-28(26)44(32(38-23)41-36)12-6-5-11-43-27-24(39-31(43)40-35)17-22(30(46)47)19-25(27)49-4/h5-6,16-20H,9-15H2,1-4H3,(H2,37,45)(H,38,41)(H,39,40)(H,46,47). The van der Waals surface area contributed by atoms with Gasteiger partial charge in [-0.1, -0.05) is 24.0 Å². The number of nitrogens with two attached hydrogens (primary N) is 1. The van der Waals surface area contributed by atoms with E-state index in [2.05, 4.69) is 62.8 Å². The van der Waals surface area contributed by atoms with Crippen molar-refractivity contribution >= 4 is 84.2 Å². The highest BCUT2D eigenvalue weighted by Gasteiger charge is 2.26. The van der Waals surface area contributed by atoms with Crippen molar-refractivity contribution in [3.05, 3.63) is 47.5 Å². The molecular weight excluding hydrogens is 792 g/mol. The number of carbonyl (C=O) groups excluding carboxylic acids is 2. The number of aromatic nitrogens is 4. The van der Waals surface area contributed by atoms with E-state index < -0.39 is 17.5 Å². The van der Waals surface area contributed by atoms with Crippen LogP contribution >= 0.6 is 32.3 Å². The molecule has 0 bridgehead atoms. The molecule has 1 fully saturated rings. The van der Waals surface area contributed by atoms with Crippen LogP contribution in [0, 0.1) is 17.8 Å². The van der Waals surface area contributed by atoms with Gasteiger partial charge in [-0.05, 0) is 57.9 Å². The Morgan fingerprint density at radius 1 is 0.961 bits per heavy atom. The molecule has 0 atom stereocenters. The van der Waals surface area contributed by atoms with Gasteiger partial charge in [0.25, 0.3) is 0 Å². The number of allylic oxidation sites excluding steroid dienone is 2. The average molecular weight is 831 g/mol. The Morgan fingerprint density at radius 3 is 2.02 bits per heavy atom. The highest BCUT2D eigenvalue weighted by atomic mass is 79.9. The first kappa shape index (κ1) is 37.3. The maximum atomic E-state index is 12.4. The molecule has 0 saturated carbocycles. The quantitative estimate of drug-likeness (QED) is 0.0799. The fraction of sp³-hybridized carbons (Fsp3) is 0.382. The molecular formula is C34H38Br2N8O7. The molecule has 51 heavy (non-hydrogen) atoms. The van der Waals surface area contributed by atoms with Gasteiger partial charge in [-0.25, -0.2) is 19.6 Å². The molecule has 2 aromatic heterocycles. The molecule has 3 heterocycles. The molecule has 1 saturated heterocycles. The minimum atomic E-state index is -1.09. The number of likely N-dealkylation sites (tertiary alicyclic amines) is 1. The van der Waals surface area contributed by atoms with Gasteiger partial charge in [-0.15, -0.1) is 0 Å². The zero-order chi connectivity index (χ0) is 36.9. The molecule has 5 N–H and O–H groups in total. The number of ether oxygens (including phenoxy) is 3. The van der Waals surface area contributed by atoms with Gasteiger partial charge in [0.15, 0.2) is 0 Å². The SMILES string of the molecule is COc1cc(C(=O)O)cc2nc(NBr)n(CC=CCn3c(NBr)nc4cc(C(N)=O)cc(OCC#CC5CCN(C(=O)OC(C)(C)C)CC5)c43)c12. The number of rotatable bonds is 11. The molecule has 17 heteroatoms. The zero-order valence-corrected chi connectivity index (χ0v) is 31.6. The molecule has 5 rings (SSSR count). The maximum absolute atomic E-state index is 12.4. The number of hydrogen-bond donors (Lipinski definition) is 4. The van der Waals surface area contributed by atoms with Gasteiger partial charge in [0.2, 0.25) is 17.8 Å². The summed E-state index contributed by atoms with van der Waals surface area (Å²) in [5.41, 5.74) is 7.58. The zero-order valence-electron chi connectivity index (χ0n) is 28.5. The highest BCUT2D eigenvalue weighted by Crippen LogP contribution is 2.33. The molecule has 0 spiro atoms. The molecule has 1 aliphatic rings. The number of carboxylic acids is 1. The first-order valence-electron chi connectivity index (χ1n) is 16.0. The number of carbonyl (C=O) groups is 3. The largest absolute Gasteiger partial charge is 0.494 e. The number of halogens is 2. The first-order chi connectivity index (χ1) is 24.3. The van der Waals surface area contributed by atoms with Crippen LogP contribution in [-0.2, 0) is 17.8 Å². The topological polar surface area (TPSA) is 188 Å². The number of carboxylic acid groups (broad SMARTS) is 1. The van der Waals surface area contributed by atoms with Gasteiger partial charge >= 0.3 is 12.1 Å². The van der Waals surface area contributed by atoms with E-state index in [-0.39, 0.29) is 29.7 Å². The van der Waals surface area contributed by atoms with Crippen molar-refractivity contribution in [1.29, 1.82) is 0 Å². The number of anilines is 2. The third-order valence-corrected chi connectivity index (χ3v) is 8.74. The maximum Gasteiger partial charge on any atom is 0.410 e. The van der Waals surface area contributed by atoms with Crippen LogP contribution in [0.2, 0.25) is 0 Å². The predicted molar refractivity (Wildman–Crippen MR) is 200 cm³/mol. The normalized spacial score (nSPS) is 13.6. The molecule has 0 radical (unpaired) electrons. The summed E-state index contributed by atoms with van der Waals surface area (Å²) < 4.78 is 26.6. The highest BCUT2D eigenvalue weighted by molar-refractivity contribution is 9.10. The van der Waals surface area contributed by atoms with Crippen molar-refractivity contribution < 1.29 is 33.7 Å². The number of aromatic carboxylic acids is 1. The number of primary amides is 1. The number of piperidine rings is 1. The lowest BCUT2D eigenvalue weighted by molar-refractivity contribution is 0.0199. The summed E-state index contributed by atoms with van der Waals surface area (Å²) in [6.07, 6.45) is 4.98. The van der Waals surface area contributed by atoms with Crippen LogP contribution < -0.4 is 23.9 Å². The Kier molecular flexibility index (Phi) is 11.7. The monoisotopic (exact) mass is 828 g/mol. The average Bonchev–Trinajstić information content (AvgIpc) is 3.64. The van der Waals surface area contributed by atoms with Crippen LogP contribution in [0.4, 0.5) is 16.7 Å². The van der Waals surface area contributed by atoms with Gasteiger partial charge in [0.05, 0.1) is 23.7 Å². The van der Waals surface area contributed by atoms with Gasteiger partial charge in [0, 0.05) is 70.0 Å². The predicted octanol–water partition coefficient (Wildman–Crippen LogP) is 5.92. The number of methoxy groups -OCH3 is 1. The molecule has 270 valence electrons. The summed E-state index contributed by atoms with van der Waals surface area (Å²) in [4.78, 5) is 47.1. The van der Waals surface area contributed by atoms with E-state index in [0.29, 0.717) is 71.6 Å². The van der Waals surface area contributed by atoms with Crippen LogP contribution in [0.3, 0.4) is 0 Å². The minimum absolute atomic E-state index is 0.0587. The fourth-order valence-electron chi connectivity index (χ4n) is 5.68. The van der Waals surface area contributed by atoms with Crippen LogP contribution in [0.1, 0.15) is 54.3 Å². The molecule has 0 aliphatic carbocycles. The summed E-state index contributed by atoms with van der Waals surface area (Å²) in [5.74, 6) is 6.42. The number of nitrogens with one attached hydrogen (secondary N) is 2. The second kappa shape index (κ2) is 15.9. The van der Waals surface area contributed by atoms with Gasteiger partial charge in [-0.3, -0.25) is 13.5 Å². The summed E-state index contributed by atoms with van der Waals surface area (Å²) >= 11 is 6.53. The molecule has 1 aliphatic heterocycles. The summed E-state index contributed by atoms with van der Waals surface area (Å²) in [6.45, 7) is 7.44. The van der Waals surface area contributed by atoms with E-state index in [1.165, 1.54) is 19.2 Å². The molecule has 0 unspecified atom stereocenters. The minimum Gasteiger partial charge on any atom is -0.494 e. The second-order valence-corrected chi connectivity index (χ2v) is 13.5. The summed E-state index contributed by atoms with van der Waals surface area (Å²) in [6, 6.07) is 6.12. The van der Waals surface area contributed by atoms with E-state index in [1.807, 2.05) is 42.1 Å². The summed E-state index contributed by atoms with van der Waals surface area (Å²) in [5, 5.41) is 9.51. The Morgan fingerprint density at radius 2 is 1.51 bits per heavy atom. The van der Waals surface area contributed by atoms with E-state index in [1.54, 1.807) is 17.0 Å². The van der Waals surface area contributed by atoms with E-state index >= 15 is 0 Å². The number of benzene rings is 2. The van der Waals surface area contributed by atoms with E-state index in [4.69, 9.17) is 19.9 Å². The van der Waals surface area contributed by atoms with Crippen molar-refractivity contribution in [2.24, 2.45) is 11.7 Å². The number of imidazole rings is 2. The Labute approximate surface area is 311 Å². The number of amides is 2. The van der Waals surface area contributed by atoms with Crippen LogP contribution in [0.25, 0.3) is 22.1 Å². The fourth-order valence-corrected chi connectivity index (χ4v) is 6.29. The Hall–Kier alpha value is -4.95. The van der Waals surface area contributed by atoms with Crippen molar-refractivity contribution in [1.82, 2.24) is 24.0 Å². The van der Waals surface area contributed by atoms with Crippen molar-refractivity contribution in [3.63, 3.8) is 0 Å².